The molecule has 18 heavy (non-hydrogen) atoms. The second kappa shape index (κ2) is 4.88. The first-order valence-electron chi connectivity index (χ1n) is 5.09. The number of nitrogen functional groups attached to an aromatic ring is 2. The molecule has 0 saturated heterocycles. The standard InChI is InChI=1S/C12H11ClN4S/c13-8-5-6(18)1-2-7(8)10-4-3-9(14)11(17-10)12(15)16/h1-5,18H,14H2,(H3,15,16). The summed E-state index contributed by atoms with van der Waals surface area (Å²) >= 11 is 10.3. The van der Waals surface area contributed by atoms with Gasteiger partial charge >= 0.3 is 0 Å². The Labute approximate surface area is 115 Å². The minimum Gasteiger partial charge on any atom is -0.397 e. The van der Waals surface area contributed by atoms with E-state index < -0.39 is 0 Å². The van der Waals surface area contributed by atoms with Crippen molar-refractivity contribution in [2.45, 2.75) is 4.90 Å². The number of nitrogens with one attached hydrogen (secondary N) is 1. The lowest BCUT2D eigenvalue weighted by Crippen LogP contribution is -2.16. The summed E-state index contributed by atoms with van der Waals surface area (Å²) in [6.07, 6.45) is 0. The van der Waals surface area contributed by atoms with Gasteiger partial charge in [-0.05, 0) is 24.3 Å². The molecule has 1 aromatic heterocycles. The van der Waals surface area contributed by atoms with Crippen molar-refractivity contribution in [3.8, 4) is 11.3 Å². The van der Waals surface area contributed by atoms with Gasteiger partial charge in [-0.1, -0.05) is 17.7 Å². The molecule has 1 aromatic carbocycles. The van der Waals surface area contributed by atoms with E-state index >= 15 is 0 Å². The first kappa shape index (κ1) is 12.7. The van der Waals surface area contributed by atoms with E-state index in [-0.39, 0.29) is 11.5 Å². The SMILES string of the molecule is N=C(N)c1nc(-c2ccc(S)cc2Cl)ccc1N. The Morgan fingerprint density at radius 3 is 2.61 bits per heavy atom. The minimum atomic E-state index is -0.170. The maximum absolute atomic E-state index is 7.41. The van der Waals surface area contributed by atoms with Crippen molar-refractivity contribution in [3.63, 3.8) is 0 Å². The number of nitrogens with two attached hydrogens (primary N) is 2. The monoisotopic (exact) mass is 278 g/mol. The second-order valence-electron chi connectivity index (χ2n) is 3.71. The zero-order valence-electron chi connectivity index (χ0n) is 9.31. The normalized spacial score (nSPS) is 10.3. The van der Waals surface area contributed by atoms with Crippen molar-refractivity contribution in [3.05, 3.63) is 41.0 Å². The Balaban J connectivity index is 2.58. The molecule has 0 spiro atoms. The lowest BCUT2D eigenvalue weighted by Gasteiger charge is -2.08. The van der Waals surface area contributed by atoms with Crippen LogP contribution in [0, 0.1) is 5.41 Å². The largest absolute Gasteiger partial charge is 0.397 e. The topological polar surface area (TPSA) is 88.8 Å². The minimum absolute atomic E-state index is 0.170. The Morgan fingerprint density at radius 1 is 1.28 bits per heavy atom. The van der Waals surface area contributed by atoms with Crippen LogP contribution in [0.4, 0.5) is 5.69 Å². The quantitative estimate of drug-likeness (QED) is 0.387. The number of nitrogens with zero attached hydrogens (tertiary/aromatic N) is 1. The number of rotatable bonds is 2. The van der Waals surface area contributed by atoms with Gasteiger partial charge in [0.2, 0.25) is 0 Å². The predicted molar refractivity (Wildman–Crippen MR) is 77.4 cm³/mol. The summed E-state index contributed by atoms with van der Waals surface area (Å²) in [5.74, 6) is -0.170. The van der Waals surface area contributed by atoms with E-state index in [0.29, 0.717) is 16.4 Å². The van der Waals surface area contributed by atoms with Gasteiger partial charge in [0, 0.05) is 10.5 Å². The number of benzene rings is 1. The van der Waals surface area contributed by atoms with Gasteiger partial charge < -0.3 is 11.5 Å². The number of anilines is 1. The zero-order chi connectivity index (χ0) is 13.3. The van der Waals surface area contributed by atoms with Crippen molar-refractivity contribution in [2.75, 3.05) is 5.73 Å². The summed E-state index contributed by atoms with van der Waals surface area (Å²) < 4.78 is 0. The number of pyridine rings is 1. The summed E-state index contributed by atoms with van der Waals surface area (Å²) in [7, 11) is 0. The molecule has 2 aromatic rings. The van der Waals surface area contributed by atoms with E-state index in [9.17, 15) is 0 Å². The van der Waals surface area contributed by atoms with Gasteiger partial charge in [-0.15, -0.1) is 12.6 Å². The number of halogens is 1. The summed E-state index contributed by atoms with van der Waals surface area (Å²) in [4.78, 5) is 5.02. The first-order chi connectivity index (χ1) is 8.49. The average Bonchev–Trinajstić information content (AvgIpc) is 2.30. The van der Waals surface area contributed by atoms with E-state index in [4.69, 9.17) is 28.5 Å². The van der Waals surface area contributed by atoms with E-state index in [1.165, 1.54) is 0 Å². The molecule has 92 valence electrons. The molecule has 1 heterocycles. The highest BCUT2D eigenvalue weighted by Gasteiger charge is 2.10. The molecule has 6 heteroatoms. The molecule has 4 nitrogen and oxygen atoms in total. The molecule has 0 atom stereocenters. The van der Waals surface area contributed by atoms with Gasteiger partial charge in [-0.2, -0.15) is 0 Å². The molecule has 0 bridgehead atoms. The summed E-state index contributed by atoms with van der Waals surface area (Å²) in [5, 5.41) is 7.95. The fourth-order valence-corrected chi connectivity index (χ4v) is 2.10. The Bertz CT molecular complexity index is 627. The maximum atomic E-state index is 7.41. The highest BCUT2D eigenvalue weighted by molar-refractivity contribution is 7.80. The van der Waals surface area contributed by atoms with E-state index in [1.807, 2.05) is 12.1 Å². The fourth-order valence-electron chi connectivity index (χ4n) is 1.55. The van der Waals surface area contributed by atoms with Crippen molar-refractivity contribution in [2.24, 2.45) is 5.73 Å². The van der Waals surface area contributed by atoms with Gasteiger partial charge in [0.15, 0.2) is 0 Å². The second-order valence-corrected chi connectivity index (χ2v) is 4.64. The average molecular weight is 279 g/mol. The molecule has 0 aliphatic rings. The Kier molecular flexibility index (Phi) is 3.45. The van der Waals surface area contributed by atoms with E-state index in [2.05, 4.69) is 17.6 Å². The zero-order valence-corrected chi connectivity index (χ0v) is 11.0. The summed E-state index contributed by atoms with van der Waals surface area (Å²) in [5.41, 5.74) is 13.1. The van der Waals surface area contributed by atoms with Crippen LogP contribution in [0.2, 0.25) is 5.02 Å². The van der Waals surface area contributed by atoms with Crippen LogP contribution in [0.5, 0.6) is 0 Å². The van der Waals surface area contributed by atoms with E-state index in [0.717, 1.165) is 10.5 Å². The third-order valence-electron chi connectivity index (χ3n) is 2.41. The number of hydrogen-bond donors (Lipinski definition) is 4. The highest BCUT2D eigenvalue weighted by Crippen LogP contribution is 2.29. The third-order valence-corrected chi connectivity index (χ3v) is 3.00. The lowest BCUT2D eigenvalue weighted by atomic mass is 10.1. The van der Waals surface area contributed by atoms with Crippen LogP contribution in [-0.2, 0) is 0 Å². The summed E-state index contributed by atoms with van der Waals surface area (Å²) in [6.45, 7) is 0. The van der Waals surface area contributed by atoms with Crippen molar-refractivity contribution >= 4 is 35.8 Å². The van der Waals surface area contributed by atoms with Crippen molar-refractivity contribution in [1.82, 2.24) is 4.98 Å². The van der Waals surface area contributed by atoms with E-state index in [1.54, 1.807) is 18.2 Å². The molecule has 2 rings (SSSR count). The van der Waals surface area contributed by atoms with Crippen LogP contribution in [0.3, 0.4) is 0 Å². The molecule has 0 saturated carbocycles. The van der Waals surface area contributed by atoms with Crippen LogP contribution in [0.25, 0.3) is 11.3 Å². The van der Waals surface area contributed by atoms with Crippen LogP contribution in [0.1, 0.15) is 5.69 Å². The molecule has 0 fully saturated rings. The molecule has 0 radical (unpaired) electrons. The molecular weight excluding hydrogens is 268 g/mol. The van der Waals surface area contributed by atoms with Crippen LogP contribution in [0.15, 0.2) is 35.2 Å². The lowest BCUT2D eigenvalue weighted by molar-refractivity contribution is 1.26. The Morgan fingerprint density at radius 2 is 2.00 bits per heavy atom. The molecule has 0 aliphatic carbocycles. The predicted octanol–water partition coefficient (Wildman–Crippen LogP) is 2.56. The molecular formula is C12H11ClN4S. The fraction of sp³-hybridized carbons (Fsp3) is 0. The number of thiol groups is 1. The molecule has 0 unspecified atom stereocenters. The highest BCUT2D eigenvalue weighted by atomic mass is 35.5. The smallest absolute Gasteiger partial charge is 0.143 e. The number of hydrogen-bond acceptors (Lipinski definition) is 4. The number of amidine groups is 1. The van der Waals surface area contributed by atoms with Crippen LogP contribution >= 0.6 is 24.2 Å². The van der Waals surface area contributed by atoms with Gasteiger partial charge in [0.05, 0.1) is 16.4 Å². The van der Waals surface area contributed by atoms with Crippen molar-refractivity contribution < 1.29 is 0 Å². The van der Waals surface area contributed by atoms with Crippen LogP contribution < -0.4 is 11.5 Å². The van der Waals surface area contributed by atoms with Gasteiger partial charge in [-0.3, -0.25) is 5.41 Å². The number of aromatic nitrogens is 1. The Hall–Kier alpha value is -1.72. The van der Waals surface area contributed by atoms with Gasteiger partial charge in [0.1, 0.15) is 11.5 Å². The van der Waals surface area contributed by atoms with Gasteiger partial charge in [-0.25, -0.2) is 4.98 Å². The summed E-state index contributed by atoms with van der Waals surface area (Å²) in [6, 6.07) is 8.75. The first-order valence-corrected chi connectivity index (χ1v) is 5.91. The van der Waals surface area contributed by atoms with Crippen LogP contribution in [-0.4, -0.2) is 10.8 Å². The third kappa shape index (κ3) is 2.42. The molecule has 0 aliphatic heterocycles. The van der Waals surface area contributed by atoms with Gasteiger partial charge in [0.25, 0.3) is 0 Å². The maximum Gasteiger partial charge on any atom is 0.143 e. The molecule has 0 amide bonds. The molecule has 5 N–H and O–H groups in total. The van der Waals surface area contributed by atoms with Crippen molar-refractivity contribution in [1.29, 1.82) is 5.41 Å².